The highest BCUT2D eigenvalue weighted by Crippen LogP contribution is 2.04. The van der Waals surface area contributed by atoms with Crippen LogP contribution in [0.5, 0.6) is 0 Å². The van der Waals surface area contributed by atoms with Crippen molar-refractivity contribution in [2.45, 2.75) is 39.3 Å². The van der Waals surface area contributed by atoms with E-state index in [4.69, 9.17) is 5.73 Å². The summed E-state index contributed by atoms with van der Waals surface area (Å²) < 4.78 is 0. The summed E-state index contributed by atoms with van der Waals surface area (Å²) in [6.45, 7) is 4.51. The van der Waals surface area contributed by atoms with Crippen LogP contribution < -0.4 is 11.1 Å². The van der Waals surface area contributed by atoms with Crippen LogP contribution in [-0.4, -0.2) is 16.9 Å². The quantitative estimate of drug-likeness (QED) is 0.783. The van der Waals surface area contributed by atoms with Crippen molar-refractivity contribution in [3.8, 4) is 0 Å². The van der Waals surface area contributed by atoms with Gasteiger partial charge in [0.1, 0.15) is 0 Å². The lowest BCUT2D eigenvalue weighted by Gasteiger charge is -2.12. The number of carbonyl (C=O) groups excluding carboxylic acids is 1. The number of rotatable bonds is 5. The Bertz CT molecular complexity index is 352. The van der Waals surface area contributed by atoms with E-state index >= 15 is 0 Å². The first kappa shape index (κ1) is 12.6. The van der Waals surface area contributed by atoms with Crippen molar-refractivity contribution in [3.05, 3.63) is 29.6 Å². The average Bonchev–Trinajstić information content (AvgIpc) is 2.28. The van der Waals surface area contributed by atoms with Crippen molar-refractivity contribution in [2.24, 2.45) is 5.73 Å². The largest absolute Gasteiger partial charge is 0.351 e. The highest BCUT2D eigenvalue weighted by molar-refractivity contribution is 5.81. The Balaban J connectivity index is 2.46. The molecule has 0 fully saturated rings. The Morgan fingerprint density at radius 1 is 1.62 bits per heavy atom. The maximum absolute atomic E-state index is 11.6. The molecule has 0 unspecified atom stereocenters. The van der Waals surface area contributed by atoms with Gasteiger partial charge in [-0.05, 0) is 30.5 Å². The minimum absolute atomic E-state index is 0.0851. The first-order valence-electron chi connectivity index (χ1n) is 5.58. The zero-order valence-corrected chi connectivity index (χ0v) is 9.86. The van der Waals surface area contributed by atoms with Gasteiger partial charge in [0.15, 0.2) is 0 Å². The Morgan fingerprint density at radius 3 is 3.00 bits per heavy atom. The van der Waals surface area contributed by atoms with Gasteiger partial charge in [0.25, 0.3) is 0 Å². The van der Waals surface area contributed by atoms with Gasteiger partial charge >= 0.3 is 0 Å². The fraction of sp³-hybridized carbons (Fsp3) is 0.500. The summed E-state index contributed by atoms with van der Waals surface area (Å²) in [5.41, 5.74) is 7.86. The van der Waals surface area contributed by atoms with Gasteiger partial charge in [0.2, 0.25) is 5.91 Å². The van der Waals surface area contributed by atoms with Gasteiger partial charge in [-0.3, -0.25) is 9.78 Å². The lowest BCUT2D eigenvalue weighted by atomic mass is 10.1. The lowest BCUT2D eigenvalue weighted by molar-refractivity contribution is -0.122. The third kappa shape index (κ3) is 3.62. The van der Waals surface area contributed by atoms with E-state index in [0.29, 0.717) is 6.54 Å². The SMILES string of the molecule is CCC[C@@H](N)C(=O)NCc1ccncc1C. The van der Waals surface area contributed by atoms with Crippen LogP contribution in [-0.2, 0) is 11.3 Å². The Labute approximate surface area is 96.3 Å². The summed E-state index contributed by atoms with van der Waals surface area (Å²) in [6, 6.07) is 1.51. The molecule has 1 amide bonds. The summed E-state index contributed by atoms with van der Waals surface area (Å²) in [6.07, 6.45) is 5.15. The number of carbonyl (C=O) groups is 1. The van der Waals surface area contributed by atoms with Gasteiger partial charge in [-0.2, -0.15) is 0 Å². The van der Waals surface area contributed by atoms with E-state index < -0.39 is 6.04 Å². The third-order valence-electron chi connectivity index (χ3n) is 2.53. The van der Waals surface area contributed by atoms with Gasteiger partial charge in [-0.25, -0.2) is 0 Å². The molecule has 88 valence electrons. The number of hydrogen-bond donors (Lipinski definition) is 2. The summed E-state index contributed by atoms with van der Waals surface area (Å²) in [5, 5.41) is 2.83. The Hall–Kier alpha value is -1.42. The highest BCUT2D eigenvalue weighted by atomic mass is 16.2. The third-order valence-corrected chi connectivity index (χ3v) is 2.53. The van der Waals surface area contributed by atoms with Crippen molar-refractivity contribution in [3.63, 3.8) is 0 Å². The second kappa shape index (κ2) is 6.23. The fourth-order valence-electron chi connectivity index (χ4n) is 1.46. The minimum atomic E-state index is -0.396. The van der Waals surface area contributed by atoms with E-state index in [-0.39, 0.29) is 5.91 Å². The Kier molecular flexibility index (Phi) is 4.92. The maximum Gasteiger partial charge on any atom is 0.237 e. The Morgan fingerprint density at radius 2 is 2.38 bits per heavy atom. The molecule has 4 heteroatoms. The number of aryl methyl sites for hydroxylation is 1. The van der Waals surface area contributed by atoms with Gasteiger partial charge in [-0.1, -0.05) is 13.3 Å². The molecule has 1 aromatic rings. The minimum Gasteiger partial charge on any atom is -0.351 e. The molecule has 1 rings (SSSR count). The second-order valence-electron chi connectivity index (χ2n) is 3.92. The number of nitrogens with one attached hydrogen (secondary N) is 1. The fourth-order valence-corrected chi connectivity index (χ4v) is 1.46. The molecule has 1 heterocycles. The smallest absolute Gasteiger partial charge is 0.237 e. The van der Waals surface area contributed by atoms with Crippen LogP contribution in [0.25, 0.3) is 0 Å². The van der Waals surface area contributed by atoms with Gasteiger partial charge < -0.3 is 11.1 Å². The summed E-state index contributed by atoms with van der Waals surface area (Å²) in [4.78, 5) is 15.6. The normalized spacial score (nSPS) is 12.2. The van der Waals surface area contributed by atoms with Crippen LogP contribution in [0, 0.1) is 6.92 Å². The molecular formula is C12H19N3O. The van der Waals surface area contributed by atoms with E-state index in [0.717, 1.165) is 24.0 Å². The predicted octanol–water partition coefficient (Wildman–Crippen LogP) is 1.13. The van der Waals surface area contributed by atoms with E-state index in [1.54, 1.807) is 12.4 Å². The van der Waals surface area contributed by atoms with Crippen molar-refractivity contribution in [2.75, 3.05) is 0 Å². The van der Waals surface area contributed by atoms with Crippen LogP contribution in [0.4, 0.5) is 0 Å². The summed E-state index contributed by atoms with van der Waals surface area (Å²) in [5.74, 6) is -0.0851. The van der Waals surface area contributed by atoms with Crippen LogP contribution in [0.15, 0.2) is 18.5 Å². The summed E-state index contributed by atoms with van der Waals surface area (Å²) >= 11 is 0. The zero-order chi connectivity index (χ0) is 12.0. The van der Waals surface area contributed by atoms with Crippen molar-refractivity contribution < 1.29 is 4.79 Å². The number of pyridine rings is 1. The van der Waals surface area contributed by atoms with Gasteiger partial charge in [0, 0.05) is 18.9 Å². The molecule has 0 saturated heterocycles. The van der Waals surface area contributed by atoms with Crippen molar-refractivity contribution >= 4 is 5.91 Å². The maximum atomic E-state index is 11.6. The van der Waals surface area contributed by atoms with E-state index in [1.165, 1.54) is 0 Å². The molecule has 0 bridgehead atoms. The first-order valence-corrected chi connectivity index (χ1v) is 5.58. The van der Waals surface area contributed by atoms with E-state index in [9.17, 15) is 4.79 Å². The number of aromatic nitrogens is 1. The molecule has 0 spiro atoms. The van der Waals surface area contributed by atoms with Crippen LogP contribution in [0.3, 0.4) is 0 Å². The number of hydrogen-bond acceptors (Lipinski definition) is 3. The van der Waals surface area contributed by atoms with Gasteiger partial charge in [0.05, 0.1) is 6.04 Å². The summed E-state index contributed by atoms with van der Waals surface area (Å²) in [7, 11) is 0. The van der Waals surface area contributed by atoms with E-state index in [1.807, 2.05) is 19.9 Å². The molecular weight excluding hydrogens is 202 g/mol. The predicted molar refractivity (Wildman–Crippen MR) is 63.7 cm³/mol. The lowest BCUT2D eigenvalue weighted by Crippen LogP contribution is -2.40. The molecule has 0 saturated carbocycles. The van der Waals surface area contributed by atoms with Crippen LogP contribution >= 0.6 is 0 Å². The number of nitrogens with zero attached hydrogens (tertiary/aromatic N) is 1. The molecule has 0 radical (unpaired) electrons. The van der Waals surface area contributed by atoms with E-state index in [2.05, 4.69) is 10.3 Å². The monoisotopic (exact) mass is 221 g/mol. The number of nitrogens with two attached hydrogens (primary N) is 1. The molecule has 1 aromatic heterocycles. The first-order chi connectivity index (χ1) is 7.65. The zero-order valence-electron chi connectivity index (χ0n) is 9.86. The molecule has 0 aliphatic carbocycles. The molecule has 0 aliphatic heterocycles. The topological polar surface area (TPSA) is 68.0 Å². The highest BCUT2D eigenvalue weighted by Gasteiger charge is 2.11. The average molecular weight is 221 g/mol. The van der Waals surface area contributed by atoms with Crippen LogP contribution in [0.2, 0.25) is 0 Å². The van der Waals surface area contributed by atoms with Crippen LogP contribution in [0.1, 0.15) is 30.9 Å². The molecule has 16 heavy (non-hydrogen) atoms. The molecule has 0 aromatic carbocycles. The number of amides is 1. The van der Waals surface area contributed by atoms with Crippen molar-refractivity contribution in [1.82, 2.24) is 10.3 Å². The van der Waals surface area contributed by atoms with Gasteiger partial charge in [-0.15, -0.1) is 0 Å². The standard InChI is InChI=1S/C12H19N3O/c1-3-4-11(13)12(16)15-8-10-5-6-14-7-9(10)2/h5-7,11H,3-4,8,13H2,1-2H3,(H,15,16)/t11-/m1/s1. The molecule has 3 N–H and O–H groups in total. The molecule has 1 atom stereocenters. The van der Waals surface area contributed by atoms with Crippen molar-refractivity contribution in [1.29, 1.82) is 0 Å². The molecule has 4 nitrogen and oxygen atoms in total. The molecule has 0 aliphatic rings. The second-order valence-corrected chi connectivity index (χ2v) is 3.92.